The largest absolute Gasteiger partial charge is 0.496 e. The summed E-state index contributed by atoms with van der Waals surface area (Å²) in [6.45, 7) is 1.84. The summed E-state index contributed by atoms with van der Waals surface area (Å²) < 4.78 is 17.0. The summed E-state index contributed by atoms with van der Waals surface area (Å²) in [6.07, 6.45) is 1.08. The molecule has 1 aliphatic heterocycles. The van der Waals surface area contributed by atoms with Crippen LogP contribution in [0.2, 0.25) is 0 Å². The van der Waals surface area contributed by atoms with Gasteiger partial charge in [-0.2, -0.15) is 0 Å². The Balaban J connectivity index is 1.91. The van der Waals surface area contributed by atoms with Crippen LogP contribution in [-0.2, 0) is 14.3 Å². The summed E-state index contributed by atoms with van der Waals surface area (Å²) in [5.41, 5.74) is 3.19. The maximum absolute atomic E-state index is 13.6. The van der Waals surface area contributed by atoms with Crippen molar-refractivity contribution < 1.29 is 23.8 Å². The molecule has 2 aliphatic rings. The molecule has 0 saturated heterocycles. The molecule has 0 unspecified atom stereocenters. The SMILES string of the molecule is COC(=O)C1=C(C)NC2=C(C(=O)C[C@H](c3cccs3)C2)[C@H]1c1cc(OC)c(Br)cc1OC. The van der Waals surface area contributed by atoms with Crippen molar-refractivity contribution in [2.45, 2.75) is 31.6 Å². The Bertz CT molecular complexity index is 1140. The molecular formula is C24H24BrNO5S. The molecule has 4 rings (SSSR count). The minimum absolute atomic E-state index is 0.0139. The van der Waals surface area contributed by atoms with Gasteiger partial charge in [0.2, 0.25) is 0 Å². The average Bonchev–Trinajstić information content (AvgIpc) is 3.32. The average molecular weight is 518 g/mol. The van der Waals surface area contributed by atoms with Crippen molar-refractivity contribution >= 4 is 39.0 Å². The van der Waals surface area contributed by atoms with Crippen molar-refractivity contribution in [1.82, 2.24) is 5.32 Å². The highest BCUT2D eigenvalue weighted by Crippen LogP contribution is 2.49. The summed E-state index contributed by atoms with van der Waals surface area (Å²) in [6, 6.07) is 7.69. The van der Waals surface area contributed by atoms with E-state index in [1.54, 1.807) is 31.6 Å². The molecule has 0 saturated carbocycles. The molecule has 1 N–H and O–H groups in total. The number of benzene rings is 1. The maximum atomic E-state index is 13.6. The first kappa shape index (κ1) is 22.6. The maximum Gasteiger partial charge on any atom is 0.336 e. The quantitative estimate of drug-likeness (QED) is 0.558. The summed E-state index contributed by atoms with van der Waals surface area (Å²) in [5.74, 6) is 0.168. The molecular weight excluding hydrogens is 494 g/mol. The number of halogens is 1. The van der Waals surface area contributed by atoms with E-state index in [2.05, 4.69) is 27.3 Å². The lowest BCUT2D eigenvalue weighted by Crippen LogP contribution is -2.36. The Morgan fingerprint density at radius 2 is 1.91 bits per heavy atom. The van der Waals surface area contributed by atoms with Gasteiger partial charge in [0, 0.05) is 39.7 Å². The minimum Gasteiger partial charge on any atom is -0.496 e. The van der Waals surface area contributed by atoms with Crippen LogP contribution in [0.4, 0.5) is 0 Å². The number of hydrogen-bond acceptors (Lipinski definition) is 7. The first-order valence-corrected chi connectivity index (χ1v) is 11.8. The first-order chi connectivity index (χ1) is 15.4. The number of nitrogens with one attached hydrogen (secondary N) is 1. The van der Waals surface area contributed by atoms with Crippen LogP contribution in [0.1, 0.15) is 42.0 Å². The molecule has 2 heterocycles. The predicted octanol–water partition coefficient (Wildman–Crippen LogP) is 5.06. The summed E-state index contributed by atoms with van der Waals surface area (Å²) in [7, 11) is 4.49. The Kier molecular flexibility index (Phi) is 6.44. The van der Waals surface area contributed by atoms with E-state index < -0.39 is 11.9 Å². The normalized spacial score (nSPS) is 20.6. The molecule has 1 aromatic carbocycles. The molecule has 0 bridgehead atoms. The molecule has 0 amide bonds. The highest BCUT2D eigenvalue weighted by atomic mass is 79.9. The molecule has 0 fully saturated rings. The summed E-state index contributed by atoms with van der Waals surface area (Å²) in [5, 5.41) is 5.37. The molecule has 2 aromatic rings. The van der Waals surface area contributed by atoms with Crippen molar-refractivity contribution in [1.29, 1.82) is 0 Å². The smallest absolute Gasteiger partial charge is 0.336 e. The second-order valence-corrected chi connectivity index (χ2v) is 9.59. The number of Topliss-reactive ketones (excluding diaryl/α,β-unsaturated/α-hetero) is 1. The number of carbonyl (C=O) groups is 2. The molecule has 6 nitrogen and oxygen atoms in total. The van der Waals surface area contributed by atoms with Gasteiger partial charge in [0.25, 0.3) is 0 Å². The zero-order chi connectivity index (χ0) is 23.0. The molecule has 1 aromatic heterocycles. The van der Waals surface area contributed by atoms with Gasteiger partial charge in [-0.1, -0.05) is 6.07 Å². The third kappa shape index (κ3) is 3.86. The van der Waals surface area contributed by atoms with Gasteiger partial charge in [-0.3, -0.25) is 4.79 Å². The minimum atomic E-state index is -0.618. The van der Waals surface area contributed by atoms with Gasteiger partial charge < -0.3 is 19.5 Å². The molecule has 0 radical (unpaired) electrons. The number of carbonyl (C=O) groups excluding carboxylic acids is 2. The van der Waals surface area contributed by atoms with Gasteiger partial charge in [-0.15, -0.1) is 11.3 Å². The van der Waals surface area contributed by atoms with Crippen LogP contribution < -0.4 is 14.8 Å². The number of dihydropyridines is 1. The van der Waals surface area contributed by atoms with Crippen LogP contribution in [0.25, 0.3) is 0 Å². The summed E-state index contributed by atoms with van der Waals surface area (Å²) >= 11 is 5.15. The van der Waals surface area contributed by atoms with Crippen LogP contribution in [0, 0.1) is 0 Å². The van der Waals surface area contributed by atoms with Crippen molar-refractivity contribution in [3.8, 4) is 11.5 Å². The van der Waals surface area contributed by atoms with E-state index in [1.165, 1.54) is 12.0 Å². The van der Waals surface area contributed by atoms with Gasteiger partial charge in [0.05, 0.1) is 37.3 Å². The van der Waals surface area contributed by atoms with E-state index in [0.717, 1.165) is 10.2 Å². The molecule has 8 heteroatoms. The van der Waals surface area contributed by atoms with Crippen LogP contribution in [0.3, 0.4) is 0 Å². The number of allylic oxidation sites excluding steroid dienone is 3. The van der Waals surface area contributed by atoms with Gasteiger partial charge in [0.15, 0.2) is 5.78 Å². The highest BCUT2D eigenvalue weighted by molar-refractivity contribution is 9.10. The predicted molar refractivity (Wildman–Crippen MR) is 126 cm³/mol. The number of esters is 1. The molecule has 168 valence electrons. The number of ether oxygens (including phenoxy) is 3. The molecule has 2 atom stereocenters. The fourth-order valence-corrected chi connectivity index (χ4v) is 5.88. The van der Waals surface area contributed by atoms with E-state index in [0.29, 0.717) is 46.7 Å². The Labute approximate surface area is 199 Å². The number of ketones is 1. The van der Waals surface area contributed by atoms with Gasteiger partial charge in [-0.25, -0.2) is 4.79 Å². The number of thiophene rings is 1. The lowest BCUT2D eigenvalue weighted by atomic mass is 9.72. The fraction of sp³-hybridized carbons (Fsp3) is 0.333. The highest BCUT2D eigenvalue weighted by Gasteiger charge is 2.42. The first-order valence-electron chi connectivity index (χ1n) is 10.2. The second-order valence-electron chi connectivity index (χ2n) is 7.75. The van der Waals surface area contributed by atoms with Crippen LogP contribution >= 0.6 is 27.3 Å². The zero-order valence-electron chi connectivity index (χ0n) is 18.3. The van der Waals surface area contributed by atoms with Crippen LogP contribution in [0.5, 0.6) is 11.5 Å². The molecule has 0 spiro atoms. The van der Waals surface area contributed by atoms with Crippen molar-refractivity contribution in [2.75, 3.05) is 21.3 Å². The Morgan fingerprint density at radius 1 is 1.16 bits per heavy atom. The van der Waals surface area contributed by atoms with Gasteiger partial charge in [-0.05, 0) is 52.9 Å². The van der Waals surface area contributed by atoms with E-state index in [9.17, 15) is 9.59 Å². The van der Waals surface area contributed by atoms with Crippen LogP contribution in [-0.4, -0.2) is 33.1 Å². The number of rotatable bonds is 5. The Hall–Kier alpha value is -2.58. The van der Waals surface area contributed by atoms with E-state index in [4.69, 9.17) is 14.2 Å². The number of hydrogen-bond donors (Lipinski definition) is 1. The zero-order valence-corrected chi connectivity index (χ0v) is 20.7. The van der Waals surface area contributed by atoms with E-state index in [-0.39, 0.29) is 11.7 Å². The standard InChI is InChI=1S/C24H24BrNO5S/c1-12-21(24(28)31-4)22(14-10-19(30-3)15(25)11-18(14)29-2)23-16(26-12)8-13(9-17(23)27)20-6-5-7-32-20/h5-7,10-11,13,22,26H,8-9H2,1-4H3/t13-,22+/m1/s1. The van der Waals surface area contributed by atoms with Crippen molar-refractivity contribution in [2.24, 2.45) is 0 Å². The Morgan fingerprint density at radius 3 is 2.53 bits per heavy atom. The third-order valence-electron chi connectivity index (χ3n) is 5.99. The summed E-state index contributed by atoms with van der Waals surface area (Å²) in [4.78, 5) is 27.6. The van der Waals surface area contributed by atoms with Crippen molar-refractivity contribution in [3.05, 3.63) is 67.1 Å². The lowest BCUT2D eigenvalue weighted by molar-refractivity contribution is -0.136. The fourth-order valence-electron chi connectivity index (χ4n) is 4.56. The van der Waals surface area contributed by atoms with Crippen molar-refractivity contribution in [3.63, 3.8) is 0 Å². The van der Waals surface area contributed by atoms with Crippen LogP contribution in [0.15, 0.2) is 56.7 Å². The monoisotopic (exact) mass is 517 g/mol. The van der Waals surface area contributed by atoms with Gasteiger partial charge in [0.1, 0.15) is 11.5 Å². The van der Waals surface area contributed by atoms with Gasteiger partial charge >= 0.3 is 5.97 Å². The second kappa shape index (κ2) is 9.11. The van der Waals surface area contributed by atoms with E-state index >= 15 is 0 Å². The third-order valence-corrected chi connectivity index (χ3v) is 7.65. The topological polar surface area (TPSA) is 73.9 Å². The lowest BCUT2D eigenvalue weighted by Gasteiger charge is -2.36. The van der Waals surface area contributed by atoms with E-state index in [1.807, 2.05) is 24.4 Å². The molecule has 1 aliphatic carbocycles. The number of methoxy groups -OCH3 is 3. The molecule has 32 heavy (non-hydrogen) atoms.